The van der Waals surface area contributed by atoms with Crippen LogP contribution in [0.25, 0.3) is 0 Å². The summed E-state index contributed by atoms with van der Waals surface area (Å²) < 4.78 is 10.9. The molecule has 2 N–H and O–H groups in total. The monoisotopic (exact) mass is 354 g/mol. The number of carboxylic acid groups (broad SMARTS) is 1. The summed E-state index contributed by atoms with van der Waals surface area (Å²) in [5, 5.41) is 12.2. The van der Waals surface area contributed by atoms with E-state index < -0.39 is 12.0 Å². The van der Waals surface area contributed by atoms with Crippen molar-refractivity contribution in [2.75, 3.05) is 11.7 Å². The second-order valence-electron chi connectivity index (χ2n) is 6.54. The fourth-order valence-electron chi connectivity index (χ4n) is 3.39. The van der Waals surface area contributed by atoms with Crippen molar-refractivity contribution in [3.63, 3.8) is 0 Å². The molecule has 2 amide bonds. The number of benzene rings is 2. The molecule has 7 heteroatoms. The standard InChI is InChI=1S/C19H18N2O5/c1-10(2)21-14-8-16-15(25-9-26-16)7-13(14)17(20-19(21)24)11-4-3-5-12(6-11)18(22)23/h3-8,10,17H,9H2,1-2H3,(H,20,24)(H,22,23). The third-order valence-corrected chi connectivity index (χ3v) is 4.56. The maximum absolute atomic E-state index is 12.7. The van der Waals surface area contributed by atoms with Crippen molar-refractivity contribution in [2.24, 2.45) is 0 Å². The average molecular weight is 354 g/mol. The van der Waals surface area contributed by atoms with Gasteiger partial charge in [-0.3, -0.25) is 4.90 Å². The van der Waals surface area contributed by atoms with Crippen LogP contribution in [0, 0.1) is 0 Å². The minimum absolute atomic E-state index is 0.0552. The van der Waals surface area contributed by atoms with E-state index in [-0.39, 0.29) is 24.4 Å². The molecule has 2 aliphatic heterocycles. The first-order chi connectivity index (χ1) is 12.5. The van der Waals surface area contributed by atoms with Gasteiger partial charge in [-0.15, -0.1) is 0 Å². The van der Waals surface area contributed by atoms with Crippen LogP contribution in [0.2, 0.25) is 0 Å². The lowest BCUT2D eigenvalue weighted by Crippen LogP contribution is -2.50. The topological polar surface area (TPSA) is 88.1 Å². The van der Waals surface area contributed by atoms with Crippen LogP contribution >= 0.6 is 0 Å². The van der Waals surface area contributed by atoms with Crippen LogP contribution in [-0.4, -0.2) is 29.9 Å². The van der Waals surface area contributed by atoms with Crippen LogP contribution < -0.4 is 19.7 Å². The van der Waals surface area contributed by atoms with E-state index in [1.807, 2.05) is 26.0 Å². The molecule has 2 aromatic carbocycles. The molecular weight excluding hydrogens is 336 g/mol. The number of fused-ring (bicyclic) bond motifs is 2. The highest BCUT2D eigenvalue weighted by Crippen LogP contribution is 2.44. The molecule has 4 rings (SSSR count). The van der Waals surface area contributed by atoms with E-state index in [0.29, 0.717) is 17.1 Å². The number of hydrogen-bond donors (Lipinski definition) is 2. The van der Waals surface area contributed by atoms with E-state index in [1.165, 1.54) is 6.07 Å². The third kappa shape index (κ3) is 2.52. The smallest absolute Gasteiger partial charge is 0.335 e. The first kappa shape index (κ1) is 16.3. The zero-order chi connectivity index (χ0) is 18.4. The highest BCUT2D eigenvalue weighted by atomic mass is 16.7. The van der Waals surface area contributed by atoms with Crippen molar-refractivity contribution in [2.45, 2.75) is 25.9 Å². The van der Waals surface area contributed by atoms with Crippen LogP contribution in [-0.2, 0) is 0 Å². The molecule has 0 radical (unpaired) electrons. The maximum atomic E-state index is 12.7. The van der Waals surface area contributed by atoms with Gasteiger partial charge >= 0.3 is 12.0 Å². The number of aromatic carboxylic acids is 1. The highest BCUT2D eigenvalue weighted by molar-refractivity contribution is 5.97. The van der Waals surface area contributed by atoms with Crippen molar-refractivity contribution in [3.05, 3.63) is 53.1 Å². The number of anilines is 1. The molecule has 1 unspecified atom stereocenters. The van der Waals surface area contributed by atoms with Gasteiger partial charge in [0.25, 0.3) is 0 Å². The number of hydrogen-bond acceptors (Lipinski definition) is 4. The molecule has 0 aromatic heterocycles. The zero-order valence-electron chi connectivity index (χ0n) is 14.4. The van der Waals surface area contributed by atoms with Crippen LogP contribution in [0.1, 0.15) is 41.4 Å². The number of nitrogens with zero attached hydrogens (tertiary/aromatic N) is 1. The van der Waals surface area contributed by atoms with Crippen LogP contribution in [0.5, 0.6) is 11.5 Å². The molecule has 0 spiro atoms. The first-order valence-corrected chi connectivity index (χ1v) is 8.32. The van der Waals surface area contributed by atoms with E-state index in [9.17, 15) is 14.7 Å². The molecule has 134 valence electrons. The number of carboxylic acids is 1. The number of ether oxygens (including phenoxy) is 2. The van der Waals surface area contributed by atoms with Crippen LogP contribution in [0.15, 0.2) is 36.4 Å². The minimum Gasteiger partial charge on any atom is -0.478 e. The number of rotatable bonds is 3. The lowest BCUT2D eigenvalue weighted by Gasteiger charge is -2.37. The molecule has 0 bridgehead atoms. The second kappa shape index (κ2) is 5.94. The predicted molar refractivity (Wildman–Crippen MR) is 94.0 cm³/mol. The predicted octanol–water partition coefficient (Wildman–Crippen LogP) is 3.14. The van der Waals surface area contributed by atoms with Gasteiger partial charge < -0.3 is 19.9 Å². The molecule has 2 aliphatic rings. The maximum Gasteiger partial charge on any atom is 0.335 e. The summed E-state index contributed by atoms with van der Waals surface area (Å²) >= 11 is 0. The number of urea groups is 1. The van der Waals surface area contributed by atoms with E-state index in [4.69, 9.17) is 9.47 Å². The summed E-state index contributed by atoms with van der Waals surface area (Å²) in [7, 11) is 0. The van der Waals surface area contributed by atoms with Crippen molar-refractivity contribution >= 4 is 17.7 Å². The Morgan fingerprint density at radius 3 is 2.65 bits per heavy atom. The average Bonchev–Trinajstić information content (AvgIpc) is 3.06. The number of carbonyl (C=O) groups is 2. The van der Waals surface area contributed by atoms with Crippen LogP contribution in [0.3, 0.4) is 0 Å². The van der Waals surface area contributed by atoms with Crippen molar-refractivity contribution < 1.29 is 24.2 Å². The Morgan fingerprint density at radius 2 is 1.96 bits per heavy atom. The molecule has 0 saturated heterocycles. The molecule has 0 fully saturated rings. The summed E-state index contributed by atoms with van der Waals surface area (Å²) in [5.74, 6) is 0.203. The van der Waals surface area contributed by atoms with Gasteiger partial charge in [-0.25, -0.2) is 9.59 Å². The molecule has 0 aliphatic carbocycles. The van der Waals surface area contributed by atoms with Crippen molar-refractivity contribution in [3.8, 4) is 11.5 Å². The second-order valence-corrected chi connectivity index (χ2v) is 6.54. The fraction of sp³-hybridized carbons (Fsp3) is 0.263. The van der Waals surface area contributed by atoms with Gasteiger partial charge in [-0.05, 0) is 37.6 Å². The molecule has 0 saturated carbocycles. The summed E-state index contributed by atoms with van der Waals surface area (Å²) in [6.07, 6.45) is 0. The summed E-state index contributed by atoms with van der Waals surface area (Å²) in [4.78, 5) is 25.7. The van der Waals surface area contributed by atoms with Gasteiger partial charge in [-0.1, -0.05) is 12.1 Å². The minimum atomic E-state index is -1.01. The van der Waals surface area contributed by atoms with E-state index in [2.05, 4.69) is 5.32 Å². The summed E-state index contributed by atoms with van der Waals surface area (Å²) in [6.45, 7) is 4.00. The molecule has 7 nitrogen and oxygen atoms in total. The third-order valence-electron chi connectivity index (χ3n) is 4.56. The van der Waals surface area contributed by atoms with Gasteiger partial charge in [0.15, 0.2) is 11.5 Å². The normalized spacial score (nSPS) is 17.9. The Morgan fingerprint density at radius 1 is 1.23 bits per heavy atom. The molecule has 26 heavy (non-hydrogen) atoms. The van der Waals surface area contributed by atoms with E-state index in [1.54, 1.807) is 23.1 Å². The number of amides is 2. The Balaban J connectivity index is 1.88. The quantitative estimate of drug-likeness (QED) is 0.884. The lowest BCUT2D eigenvalue weighted by molar-refractivity contribution is 0.0696. The summed E-state index contributed by atoms with van der Waals surface area (Å²) in [5.41, 5.74) is 2.44. The SMILES string of the molecule is CC(C)N1C(=O)NC(c2cccc(C(=O)O)c2)c2cc3c(cc21)OCO3. The van der Waals surface area contributed by atoms with E-state index in [0.717, 1.165) is 11.3 Å². The Kier molecular flexibility index (Phi) is 3.72. The lowest BCUT2D eigenvalue weighted by atomic mass is 9.93. The van der Waals surface area contributed by atoms with Gasteiger partial charge in [0, 0.05) is 17.7 Å². The van der Waals surface area contributed by atoms with E-state index >= 15 is 0 Å². The van der Waals surface area contributed by atoms with Gasteiger partial charge in [0.2, 0.25) is 6.79 Å². The summed E-state index contributed by atoms with van der Waals surface area (Å²) in [6, 6.07) is 9.47. The molecule has 2 aromatic rings. The number of nitrogens with one attached hydrogen (secondary N) is 1. The first-order valence-electron chi connectivity index (χ1n) is 8.32. The largest absolute Gasteiger partial charge is 0.478 e. The molecular formula is C19H18N2O5. The Bertz CT molecular complexity index is 909. The zero-order valence-corrected chi connectivity index (χ0v) is 14.4. The van der Waals surface area contributed by atoms with Crippen LogP contribution in [0.4, 0.5) is 10.5 Å². The van der Waals surface area contributed by atoms with Gasteiger partial charge in [0.05, 0.1) is 17.3 Å². The van der Waals surface area contributed by atoms with Crippen molar-refractivity contribution in [1.29, 1.82) is 0 Å². The Labute approximate surface area is 150 Å². The highest BCUT2D eigenvalue weighted by Gasteiger charge is 2.35. The Hall–Kier alpha value is -3.22. The fourth-order valence-corrected chi connectivity index (χ4v) is 3.39. The van der Waals surface area contributed by atoms with Gasteiger partial charge in [0.1, 0.15) is 0 Å². The van der Waals surface area contributed by atoms with Gasteiger partial charge in [-0.2, -0.15) is 0 Å². The van der Waals surface area contributed by atoms with Crippen molar-refractivity contribution in [1.82, 2.24) is 5.32 Å². The molecule has 2 heterocycles. The molecule has 1 atom stereocenters. The number of carbonyl (C=O) groups excluding carboxylic acids is 1.